The fourth-order valence-electron chi connectivity index (χ4n) is 3.03. The Labute approximate surface area is 140 Å². The van der Waals surface area contributed by atoms with E-state index in [0.717, 1.165) is 5.56 Å². The van der Waals surface area contributed by atoms with Crippen molar-refractivity contribution >= 4 is 29.0 Å². The van der Waals surface area contributed by atoms with E-state index in [0.29, 0.717) is 12.5 Å². The van der Waals surface area contributed by atoms with Crippen LogP contribution in [0.25, 0.3) is 0 Å². The van der Waals surface area contributed by atoms with Crippen LogP contribution in [0.3, 0.4) is 0 Å². The normalized spacial score (nSPS) is 16.0. The molecule has 1 aliphatic rings. The number of hydrogen-bond acceptors (Lipinski definition) is 3. The van der Waals surface area contributed by atoms with Crippen molar-refractivity contribution in [2.45, 2.75) is 31.8 Å². The Morgan fingerprint density at radius 3 is 2.68 bits per heavy atom. The zero-order chi connectivity index (χ0) is 15.4. The maximum absolute atomic E-state index is 12.5. The van der Waals surface area contributed by atoms with E-state index in [9.17, 15) is 4.79 Å². The van der Waals surface area contributed by atoms with Gasteiger partial charge in [0.25, 0.3) is 0 Å². The van der Waals surface area contributed by atoms with Crippen LogP contribution >= 0.6 is 23.1 Å². The quantitative estimate of drug-likeness (QED) is 0.740. The van der Waals surface area contributed by atoms with Gasteiger partial charge < -0.3 is 4.90 Å². The van der Waals surface area contributed by atoms with Crippen molar-refractivity contribution in [1.29, 1.82) is 0 Å². The largest absolute Gasteiger partial charge is 0.330 e. The zero-order valence-corrected chi connectivity index (χ0v) is 13.9. The van der Waals surface area contributed by atoms with E-state index < -0.39 is 0 Å². The van der Waals surface area contributed by atoms with Crippen molar-refractivity contribution in [3.05, 3.63) is 53.0 Å². The Bertz CT molecular complexity index is 598. The lowest BCUT2D eigenvalue weighted by atomic mass is 9.76. The van der Waals surface area contributed by atoms with Crippen molar-refractivity contribution in [3.63, 3.8) is 0 Å². The van der Waals surface area contributed by atoms with Crippen LogP contribution in [0.2, 0.25) is 0 Å². The van der Waals surface area contributed by atoms with Crippen LogP contribution in [-0.2, 0) is 11.3 Å². The molecule has 1 aromatic carbocycles. The molecule has 0 aliphatic heterocycles. The molecular formula is C17H19ClN2OS. The van der Waals surface area contributed by atoms with Crippen molar-refractivity contribution in [1.82, 2.24) is 9.27 Å². The summed E-state index contributed by atoms with van der Waals surface area (Å²) >= 11 is 7.30. The highest BCUT2D eigenvalue weighted by molar-refractivity contribution is 7.03. The zero-order valence-electron chi connectivity index (χ0n) is 12.3. The Morgan fingerprint density at radius 1 is 1.36 bits per heavy atom. The smallest absolute Gasteiger partial charge is 0.238 e. The van der Waals surface area contributed by atoms with Crippen LogP contribution in [0.5, 0.6) is 0 Å². The molecule has 116 valence electrons. The Hall–Kier alpha value is -1.39. The van der Waals surface area contributed by atoms with Crippen molar-refractivity contribution in [2.75, 3.05) is 5.88 Å². The third-order valence-corrected chi connectivity index (χ3v) is 5.21. The first-order valence-corrected chi connectivity index (χ1v) is 8.95. The first kappa shape index (κ1) is 15.5. The molecule has 0 radical (unpaired) electrons. The van der Waals surface area contributed by atoms with E-state index in [1.807, 2.05) is 34.7 Å². The number of carbonyl (C=O) groups is 1. The summed E-state index contributed by atoms with van der Waals surface area (Å²) < 4.78 is 4.14. The van der Waals surface area contributed by atoms with Gasteiger partial charge in [-0.2, -0.15) is 0 Å². The summed E-state index contributed by atoms with van der Waals surface area (Å²) in [6, 6.07) is 10.4. The van der Waals surface area contributed by atoms with Crippen molar-refractivity contribution in [2.24, 2.45) is 5.92 Å². The van der Waals surface area contributed by atoms with E-state index in [4.69, 9.17) is 11.6 Å². The van der Waals surface area contributed by atoms with Gasteiger partial charge in [0.2, 0.25) is 5.91 Å². The summed E-state index contributed by atoms with van der Waals surface area (Å²) in [7, 11) is 0. The molecule has 0 bridgehead atoms. The number of amides is 1. The van der Waals surface area contributed by atoms with Crippen LogP contribution < -0.4 is 0 Å². The molecule has 5 heteroatoms. The van der Waals surface area contributed by atoms with Crippen LogP contribution in [0.4, 0.5) is 0 Å². The number of hydrogen-bond donors (Lipinski definition) is 0. The first-order valence-electron chi connectivity index (χ1n) is 7.58. The minimum atomic E-state index is -0.00591. The predicted octanol–water partition coefficient (Wildman–Crippen LogP) is 4.25. The molecule has 1 unspecified atom stereocenters. The molecule has 1 aliphatic carbocycles. The minimum Gasteiger partial charge on any atom is -0.330 e. The van der Waals surface area contributed by atoms with Gasteiger partial charge in [0.05, 0.1) is 6.04 Å². The monoisotopic (exact) mass is 334 g/mol. The second kappa shape index (κ2) is 7.25. The number of nitrogens with zero attached hydrogens (tertiary/aromatic N) is 2. The molecule has 0 spiro atoms. The lowest BCUT2D eigenvalue weighted by Gasteiger charge is -2.41. The SMILES string of the molecule is O=C(CCl)N(Cc1cnsc1)C(c1ccccc1)C1CCC1. The Kier molecular flexibility index (Phi) is 5.11. The summed E-state index contributed by atoms with van der Waals surface area (Å²) in [4.78, 5) is 14.4. The van der Waals surface area contributed by atoms with Crippen molar-refractivity contribution < 1.29 is 4.79 Å². The Balaban J connectivity index is 1.91. The summed E-state index contributed by atoms with van der Waals surface area (Å²) in [6.07, 6.45) is 5.43. The van der Waals surface area contributed by atoms with Gasteiger partial charge in [-0.05, 0) is 35.9 Å². The van der Waals surface area contributed by atoms with Crippen LogP contribution in [0.15, 0.2) is 41.9 Å². The standard InChI is InChI=1S/C17H19ClN2OS/c18-9-16(21)20(11-13-10-19-22-12-13)17(15-7-4-8-15)14-5-2-1-3-6-14/h1-3,5-6,10,12,15,17H,4,7-9,11H2. The van der Waals surface area contributed by atoms with E-state index in [1.54, 1.807) is 0 Å². The van der Waals surface area contributed by atoms with Crippen LogP contribution in [0, 0.1) is 5.92 Å². The second-order valence-corrected chi connectivity index (χ2v) is 6.66. The number of alkyl halides is 1. The fourth-order valence-corrected chi connectivity index (χ4v) is 3.71. The predicted molar refractivity (Wildman–Crippen MR) is 89.9 cm³/mol. The van der Waals surface area contributed by atoms with Gasteiger partial charge in [0.1, 0.15) is 5.88 Å². The van der Waals surface area contributed by atoms with E-state index in [1.165, 1.54) is 36.4 Å². The van der Waals surface area contributed by atoms with Gasteiger partial charge in [-0.25, -0.2) is 4.37 Å². The number of benzene rings is 1. The molecule has 3 rings (SSSR count). The molecule has 1 atom stereocenters. The molecule has 2 aromatic rings. The summed E-state index contributed by atoms with van der Waals surface area (Å²) in [5, 5.41) is 2.00. The molecule has 1 amide bonds. The number of aromatic nitrogens is 1. The van der Waals surface area contributed by atoms with Gasteiger partial charge in [-0.3, -0.25) is 4.79 Å². The number of halogens is 1. The summed E-state index contributed by atoms with van der Waals surface area (Å²) in [5.41, 5.74) is 2.28. The molecule has 1 saturated carbocycles. The number of rotatable bonds is 6. The average molecular weight is 335 g/mol. The molecule has 3 nitrogen and oxygen atoms in total. The molecule has 1 aromatic heterocycles. The van der Waals surface area contributed by atoms with Gasteiger partial charge in [-0.1, -0.05) is 36.8 Å². The first-order chi connectivity index (χ1) is 10.8. The fraction of sp³-hybridized carbons (Fsp3) is 0.412. The number of carbonyl (C=O) groups excluding carboxylic acids is 1. The highest BCUT2D eigenvalue weighted by Crippen LogP contribution is 2.42. The topological polar surface area (TPSA) is 33.2 Å². The molecule has 1 heterocycles. The van der Waals surface area contributed by atoms with Gasteiger partial charge in [-0.15, -0.1) is 11.6 Å². The maximum atomic E-state index is 12.5. The lowest BCUT2D eigenvalue weighted by Crippen LogP contribution is -2.40. The maximum Gasteiger partial charge on any atom is 0.238 e. The highest BCUT2D eigenvalue weighted by atomic mass is 35.5. The molecule has 0 N–H and O–H groups in total. The molecular weight excluding hydrogens is 316 g/mol. The molecule has 22 heavy (non-hydrogen) atoms. The van der Waals surface area contributed by atoms with Crippen LogP contribution in [-0.4, -0.2) is 21.1 Å². The van der Waals surface area contributed by atoms with Gasteiger partial charge in [0, 0.05) is 23.7 Å². The Morgan fingerprint density at radius 2 is 2.14 bits per heavy atom. The highest BCUT2D eigenvalue weighted by Gasteiger charge is 2.35. The summed E-state index contributed by atoms with van der Waals surface area (Å²) in [6.45, 7) is 0.581. The van der Waals surface area contributed by atoms with Gasteiger partial charge in [0.15, 0.2) is 0 Å². The van der Waals surface area contributed by atoms with Gasteiger partial charge >= 0.3 is 0 Å². The van der Waals surface area contributed by atoms with E-state index >= 15 is 0 Å². The molecule has 0 saturated heterocycles. The van der Waals surface area contributed by atoms with E-state index in [2.05, 4.69) is 16.5 Å². The minimum absolute atomic E-state index is 0.00591. The molecule has 1 fully saturated rings. The average Bonchev–Trinajstić information content (AvgIpc) is 3.02. The van der Waals surface area contributed by atoms with Crippen LogP contribution in [0.1, 0.15) is 36.4 Å². The summed E-state index contributed by atoms with van der Waals surface area (Å²) in [5.74, 6) is 0.544. The lowest BCUT2D eigenvalue weighted by molar-refractivity contribution is -0.133. The third-order valence-electron chi connectivity index (χ3n) is 4.34. The van der Waals surface area contributed by atoms with E-state index in [-0.39, 0.29) is 17.8 Å². The van der Waals surface area contributed by atoms with Crippen molar-refractivity contribution in [3.8, 4) is 0 Å². The second-order valence-electron chi connectivity index (χ2n) is 5.73. The third kappa shape index (κ3) is 3.33.